The highest BCUT2D eigenvalue weighted by Gasteiger charge is 2.37. The van der Waals surface area contributed by atoms with Gasteiger partial charge in [-0.05, 0) is 30.6 Å². The summed E-state index contributed by atoms with van der Waals surface area (Å²) in [4.78, 5) is 24.3. The average Bonchev–Trinajstić information content (AvgIpc) is 2.87. The minimum Gasteiger partial charge on any atom is -0.465 e. The highest BCUT2D eigenvalue weighted by Crippen LogP contribution is 2.28. The molecule has 0 saturated carbocycles. The van der Waals surface area contributed by atoms with Crippen LogP contribution in [-0.4, -0.2) is 25.2 Å². The van der Waals surface area contributed by atoms with Crippen molar-refractivity contribution < 1.29 is 19.1 Å². The maximum Gasteiger partial charge on any atom is 0.320 e. The molecular formula is C16H26O4. The van der Waals surface area contributed by atoms with Crippen molar-refractivity contribution in [3.05, 3.63) is 12.2 Å². The highest BCUT2D eigenvalue weighted by molar-refractivity contribution is 5.95. The molecule has 4 heteroatoms. The molecule has 0 unspecified atom stereocenters. The van der Waals surface area contributed by atoms with Gasteiger partial charge in [0.15, 0.2) is 5.92 Å². The summed E-state index contributed by atoms with van der Waals surface area (Å²) in [7, 11) is 0. The van der Waals surface area contributed by atoms with Crippen LogP contribution >= 0.6 is 0 Å². The fraction of sp³-hybridized carbons (Fsp3) is 0.750. The lowest BCUT2D eigenvalue weighted by atomic mass is 9.90. The molecule has 1 aliphatic rings. The van der Waals surface area contributed by atoms with Crippen LogP contribution in [0.2, 0.25) is 0 Å². The van der Waals surface area contributed by atoms with Crippen LogP contribution in [0.5, 0.6) is 0 Å². The van der Waals surface area contributed by atoms with Gasteiger partial charge in [-0.25, -0.2) is 0 Å². The summed E-state index contributed by atoms with van der Waals surface area (Å²) in [6, 6.07) is 0. The summed E-state index contributed by atoms with van der Waals surface area (Å²) in [5.41, 5.74) is 0. The van der Waals surface area contributed by atoms with Crippen LogP contribution in [0.3, 0.4) is 0 Å². The third-order valence-electron chi connectivity index (χ3n) is 3.14. The highest BCUT2D eigenvalue weighted by atomic mass is 16.6. The molecule has 1 rings (SSSR count). The number of carbonyl (C=O) groups is 2. The minimum atomic E-state index is -0.789. The van der Waals surface area contributed by atoms with E-state index in [1.807, 2.05) is 39.8 Å². The number of ether oxygens (including phenoxy) is 2. The van der Waals surface area contributed by atoms with Gasteiger partial charge < -0.3 is 9.47 Å². The Morgan fingerprint density at radius 3 is 1.70 bits per heavy atom. The Hall–Kier alpha value is -1.32. The molecule has 20 heavy (non-hydrogen) atoms. The molecule has 0 aromatic rings. The van der Waals surface area contributed by atoms with Gasteiger partial charge in [-0.15, -0.1) is 0 Å². The van der Waals surface area contributed by atoms with Crippen LogP contribution in [0, 0.1) is 23.7 Å². The molecule has 0 fully saturated rings. The van der Waals surface area contributed by atoms with Gasteiger partial charge in [0.2, 0.25) is 0 Å². The van der Waals surface area contributed by atoms with Gasteiger partial charge in [0.25, 0.3) is 0 Å². The van der Waals surface area contributed by atoms with E-state index in [0.29, 0.717) is 13.2 Å². The van der Waals surface area contributed by atoms with Crippen molar-refractivity contribution >= 4 is 11.9 Å². The standard InChI is InChI=1S/C16H26O4/c1-11(2)9-19-15(17)14(13-7-5-6-8-13)16(18)20-10-12(3)4/h5-6,11-14H,7-10H2,1-4H3. The summed E-state index contributed by atoms with van der Waals surface area (Å²) >= 11 is 0. The van der Waals surface area contributed by atoms with Gasteiger partial charge in [0.05, 0.1) is 13.2 Å². The number of rotatable bonds is 7. The molecule has 0 spiro atoms. The van der Waals surface area contributed by atoms with E-state index in [9.17, 15) is 9.59 Å². The first-order chi connectivity index (χ1) is 9.41. The Morgan fingerprint density at radius 2 is 1.35 bits per heavy atom. The molecule has 0 amide bonds. The number of hydrogen-bond donors (Lipinski definition) is 0. The van der Waals surface area contributed by atoms with Gasteiger partial charge in [-0.1, -0.05) is 39.8 Å². The molecular weight excluding hydrogens is 256 g/mol. The summed E-state index contributed by atoms with van der Waals surface area (Å²) < 4.78 is 10.5. The molecule has 0 bridgehead atoms. The second kappa shape index (κ2) is 8.08. The van der Waals surface area contributed by atoms with Crippen LogP contribution in [-0.2, 0) is 19.1 Å². The lowest BCUT2D eigenvalue weighted by Crippen LogP contribution is -2.34. The second-order valence-corrected chi connectivity index (χ2v) is 6.23. The zero-order valence-electron chi connectivity index (χ0n) is 12.9. The van der Waals surface area contributed by atoms with Gasteiger partial charge in [-0.2, -0.15) is 0 Å². The largest absolute Gasteiger partial charge is 0.465 e. The number of esters is 2. The minimum absolute atomic E-state index is 0.0191. The second-order valence-electron chi connectivity index (χ2n) is 6.23. The average molecular weight is 282 g/mol. The Morgan fingerprint density at radius 1 is 0.950 bits per heavy atom. The van der Waals surface area contributed by atoms with E-state index < -0.39 is 17.9 Å². The lowest BCUT2D eigenvalue weighted by molar-refractivity contribution is -0.166. The topological polar surface area (TPSA) is 52.6 Å². The Kier molecular flexibility index (Phi) is 6.76. The van der Waals surface area contributed by atoms with E-state index >= 15 is 0 Å². The fourth-order valence-corrected chi connectivity index (χ4v) is 2.07. The fourth-order valence-electron chi connectivity index (χ4n) is 2.07. The predicted octanol–water partition coefficient (Wildman–Crippen LogP) is 2.97. The summed E-state index contributed by atoms with van der Waals surface area (Å²) in [5.74, 6) is -1.18. The Balaban J connectivity index is 2.64. The van der Waals surface area contributed by atoms with Gasteiger partial charge in [0.1, 0.15) is 0 Å². The van der Waals surface area contributed by atoms with E-state index in [-0.39, 0.29) is 17.8 Å². The van der Waals surface area contributed by atoms with E-state index in [1.54, 1.807) is 0 Å². The Labute approximate surface area is 121 Å². The maximum absolute atomic E-state index is 12.2. The van der Waals surface area contributed by atoms with Gasteiger partial charge in [0, 0.05) is 0 Å². The first kappa shape index (κ1) is 16.7. The molecule has 0 aromatic carbocycles. The molecule has 1 aliphatic carbocycles. The molecule has 0 N–H and O–H groups in total. The van der Waals surface area contributed by atoms with Crippen molar-refractivity contribution in [2.75, 3.05) is 13.2 Å². The van der Waals surface area contributed by atoms with E-state index in [4.69, 9.17) is 9.47 Å². The molecule has 0 aromatic heterocycles. The van der Waals surface area contributed by atoms with E-state index in [0.717, 1.165) is 12.8 Å². The van der Waals surface area contributed by atoms with Crippen LogP contribution in [0.4, 0.5) is 0 Å². The van der Waals surface area contributed by atoms with Crippen molar-refractivity contribution in [3.63, 3.8) is 0 Å². The van der Waals surface area contributed by atoms with Crippen LogP contribution < -0.4 is 0 Å². The molecule has 114 valence electrons. The first-order valence-electron chi connectivity index (χ1n) is 7.40. The monoisotopic (exact) mass is 282 g/mol. The normalized spacial score (nSPS) is 15.3. The van der Waals surface area contributed by atoms with E-state index in [2.05, 4.69) is 0 Å². The third kappa shape index (κ3) is 5.35. The maximum atomic E-state index is 12.2. The van der Waals surface area contributed by atoms with Crippen LogP contribution in [0.25, 0.3) is 0 Å². The molecule has 0 atom stereocenters. The van der Waals surface area contributed by atoms with Crippen molar-refractivity contribution in [2.24, 2.45) is 23.7 Å². The number of allylic oxidation sites excluding steroid dienone is 2. The predicted molar refractivity (Wildman–Crippen MR) is 76.9 cm³/mol. The third-order valence-corrected chi connectivity index (χ3v) is 3.14. The van der Waals surface area contributed by atoms with Crippen LogP contribution in [0.1, 0.15) is 40.5 Å². The lowest BCUT2D eigenvalue weighted by Gasteiger charge is -2.21. The van der Waals surface area contributed by atoms with Crippen molar-refractivity contribution in [1.29, 1.82) is 0 Å². The van der Waals surface area contributed by atoms with Crippen LogP contribution in [0.15, 0.2) is 12.2 Å². The van der Waals surface area contributed by atoms with Crippen molar-refractivity contribution in [2.45, 2.75) is 40.5 Å². The summed E-state index contributed by atoms with van der Waals surface area (Å²) in [5, 5.41) is 0. The quantitative estimate of drug-likeness (QED) is 0.409. The zero-order valence-corrected chi connectivity index (χ0v) is 12.9. The molecule has 0 saturated heterocycles. The SMILES string of the molecule is CC(C)COC(=O)C(C(=O)OCC(C)C)C1CC=CC1. The molecule has 0 aliphatic heterocycles. The Bertz CT molecular complexity index is 325. The summed E-state index contributed by atoms with van der Waals surface area (Å²) in [6.07, 6.45) is 5.47. The first-order valence-corrected chi connectivity index (χ1v) is 7.40. The van der Waals surface area contributed by atoms with Gasteiger partial charge in [-0.3, -0.25) is 9.59 Å². The zero-order chi connectivity index (χ0) is 15.1. The van der Waals surface area contributed by atoms with Crippen molar-refractivity contribution in [3.8, 4) is 0 Å². The molecule has 4 nitrogen and oxygen atoms in total. The van der Waals surface area contributed by atoms with Gasteiger partial charge >= 0.3 is 11.9 Å². The van der Waals surface area contributed by atoms with Crippen molar-refractivity contribution in [1.82, 2.24) is 0 Å². The molecule has 0 radical (unpaired) electrons. The number of carbonyl (C=O) groups excluding carboxylic acids is 2. The summed E-state index contributed by atoms with van der Waals surface area (Å²) in [6.45, 7) is 8.56. The number of hydrogen-bond acceptors (Lipinski definition) is 4. The smallest absolute Gasteiger partial charge is 0.320 e. The van der Waals surface area contributed by atoms with E-state index in [1.165, 1.54) is 0 Å². The molecule has 0 heterocycles.